The molecule has 17 nitrogen and oxygen atoms in total. The van der Waals surface area contributed by atoms with Crippen LogP contribution in [0.15, 0.2) is 91.4 Å². The lowest BCUT2D eigenvalue weighted by Crippen LogP contribution is -2.65. The van der Waals surface area contributed by atoms with Crippen molar-refractivity contribution in [1.82, 2.24) is 39.9 Å². The molecule has 4 heterocycles. The highest BCUT2D eigenvalue weighted by atomic mass is 35.5. The number of hydrogen-bond donors (Lipinski definition) is 3. The summed E-state index contributed by atoms with van der Waals surface area (Å²) in [6.45, 7) is 2.81. The van der Waals surface area contributed by atoms with Crippen molar-refractivity contribution in [2.75, 3.05) is 47.9 Å². The highest BCUT2D eigenvalue weighted by Crippen LogP contribution is 2.34. The van der Waals surface area contributed by atoms with Crippen LogP contribution in [0.25, 0.3) is 11.4 Å². The fraction of sp³-hybridized carbons (Fsp3) is 0.408. The van der Waals surface area contributed by atoms with Crippen molar-refractivity contribution >= 4 is 46.9 Å². The number of benzene rings is 2. The Hall–Kier alpha value is -6.11. The first-order valence-electron chi connectivity index (χ1n) is 22.3. The number of imidazole rings is 1. The molecule has 1 aliphatic heterocycles. The van der Waals surface area contributed by atoms with Crippen molar-refractivity contribution < 1.29 is 38.5 Å². The third-order valence-electron chi connectivity index (χ3n) is 12.2. The molecule has 0 saturated carbocycles. The molecule has 3 aromatic heterocycles. The van der Waals surface area contributed by atoms with Crippen molar-refractivity contribution in [3.05, 3.63) is 129 Å². The topological polar surface area (TPSA) is 198 Å². The molecule has 1 aliphatic rings. The number of carbonyl (C=O) groups excluding carboxylic acids is 3. The Kier molecular flexibility index (Phi) is 17.5. The standard InChI is InChI=1S/C49H59Cl2N9O8/c1-32(52-26-34-13-16-37(51)24-43(34)68-39-17-18-40(53-27-39)42-28-54-44(57(42)4)29-56(2)3)46(63)55-41(30-67-6)48(65)58(5)49(25-33-11-14-36(50)15-12-33)19-9-20-59(31-49)47(64)35(23-45(61)62)22-38-10-7-8-21-60(38)66/h7-8,10-18,21,24,27-28,32,35,41,52H,9,19-20,22-23,25-26,29-31H2,1-6H3,(H,55,63)(H,61,62)/t32-,35+,41-,49+/m0/s1. The van der Waals surface area contributed by atoms with Crippen LogP contribution in [0.3, 0.4) is 0 Å². The summed E-state index contributed by atoms with van der Waals surface area (Å²) in [5, 5.41) is 29.5. The molecule has 19 heteroatoms. The van der Waals surface area contributed by atoms with Crippen LogP contribution in [0.1, 0.15) is 48.8 Å². The predicted octanol–water partition coefficient (Wildman–Crippen LogP) is 5.28. The molecule has 3 N–H and O–H groups in total. The van der Waals surface area contributed by atoms with Crippen LogP contribution in [0, 0.1) is 11.1 Å². The van der Waals surface area contributed by atoms with E-state index in [1.807, 2.05) is 54.9 Å². The first-order chi connectivity index (χ1) is 32.5. The van der Waals surface area contributed by atoms with Crippen molar-refractivity contribution in [2.45, 2.75) is 69.7 Å². The number of amides is 3. The van der Waals surface area contributed by atoms with Crippen LogP contribution in [0.5, 0.6) is 11.5 Å². The number of aliphatic carboxylic acids is 1. The second-order valence-electron chi connectivity index (χ2n) is 17.5. The summed E-state index contributed by atoms with van der Waals surface area (Å²) in [5.74, 6) is -1.70. The maximum atomic E-state index is 14.7. The Morgan fingerprint density at radius 1 is 1.00 bits per heavy atom. The minimum atomic E-state index is -1.17. The van der Waals surface area contributed by atoms with Gasteiger partial charge >= 0.3 is 5.97 Å². The monoisotopic (exact) mass is 971 g/mol. The van der Waals surface area contributed by atoms with Crippen molar-refractivity contribution in [2.24, 2.45) is 13.0 Å². The number of nitrogens with one attached hydrogen (secondary N) is 2. The summed E-state index contributed by atoms with van der Waals surface area (Å²) in [7, 11) is 9.00. The van der Waals surface area contributed by atoms with E-state index < -0.39 is 53.7 Å². The number of halogens is 2. The lowest BCUT2D eigenvalue weighted by atomic mass is 9.80. The zero-order valence-electron chi connectivity index (χ0n) is 39.2. The second-order valence-corrected chi connectivity index (χ2v) is 18.4. The van der Waals surface area contributed by atoms with Gasteiger partial charge < -0.3 is 49.7 Å². The molecule has 2 aromatic carbocycles. The number of carboxylic acids is 1. The summed E-state index contributed by atoms with van der Waals surface area (Å²) in [5.41, 5.74) is 2.43. The number of carboxylic acid groups (broad SMARTS) is 1. The average molecular weight is 973 g/mol. The first kappa shape index (κ1) is 51.3. The zero-order valence-corrected chi connectivity index (χ0v) is 40.7. The highest BCUT2D eigenvalue weighted by molar-refractivity contribution is 6.31. The van der Waals surface area contributed by atoms with Crippen molar-refractivity contribution in [3.8, 4) is 22.9 Å². The molecular weight excluding hydrogens is 913 g/mol. The molecule has 1 saturated heterocycles. The van der Waals surface area contributed by atoms with E-state index in [2.05, 4.69) is 20.6 Å². The Morgan fingerprint density at radius 3 is 2.43 bits per heavy atom. The van der Waals surface area contributed by atoms with Gasteiger partial charge in [-0.25, -0.2) is 4.98 Å². The van der Waals surface area contributed by atoms with Gasteiger partial charge in [0, 0.05) is 75.0 Å². The van der Waals surface area contributed by atoms with E-state index in [0.29, 0.717) is 64.2 Å². The van der Waals surface area contributed by atoms with E-state index >= 15 is 0 Å². The molecule has 1 fully saturated rings. The van der Waals surface area contributed by atoms with Crippen LogP contribution in [-0.2, 0) is 56.9 Å². The van der Waals surface area contributed by atoms with E-state index in [1.54, 1.807) is 84.7 Å². The third kappa shape index (κ3) is 13.1. The normalized spacial score (nSPS) is 16.2. The highest BCUT2D eigenvalue weighted by Gasteiger charge is 2.45. The Bertz CT molecular complexity index is 2540. The van der Waals surface area contributed by atoms with Crippen molar-refractivity contribution in [1.29, 1.82) is 0 Å². The van der Waals surface area contributed by atoms with E-state index in [9.17, 15) is 29.5 Å². The smallest absolute Gasteiger partial charge is 0.304 e. The SMILES string of the molecule is COC[C@H](NC(=O)[C@H](C)NCc1ccc(Cl)cc1Oc1ccc(-c2cnc(CN(C)C)n2C)nc1)C(=O)N(C)[C@@]1(Cc2ccc(Cl)cc2)CCCN(C(=O)[C@@H](CC(=O)O)Cc2cccc[n+]2[O-])C1. The predicted molar refractivity (Wildman–Crippen MR) is 257 cm³/mol. The summed E-state index contributed by atoms with van der Waals surface area (Å²) in [6, 6.07) is 19.0. The second kappa shape index (κ2) is 23.3. The molecule has 0 spiro atoms. The maximum Gasteiger partial charge on any atom is 0.304 e. The van der Waals surface area contributed by atoms with Gasteiger partial charge in [0.2, 0.25) is 17.7 Å². The number of likely N-dealkylation sites (tertiary alicyclic amines) is 1. The lowest BCUT2D eigenvalue weighted by molar-refractivity contribution is -0.614. The van der Waals surface area contributed by atoms with Crippen molar-refractivity contribution in [3.63, 3.8) is 0 Å². The van der Waals surface area contributed by atoms with Crippen LogP contribution < -0.4 is 20.1 Å². The van der Waals surface area contributed by atoms with Gasteiger partial charge in [-0.05, 0) is 82.2 Å². The molecule has 4 atom stereocenters. The number of pyridine rings is 2. The largest absolute Gasteiger partial charge is 0.619 e. The number of likely N-dealkylation sites (N-methyl/N-ethyl adjacent to an activating group) is 1. The van der Waals surface area contributed by atoms with E-state index in [0.717, 1.165) is 22.8 Å². The van der Waals surface area contributed by atoms with Gasteiger partial charge in [-0.3, -0.25) is 24.2 Å². The minimum Gasteiger partial charge on any atom is -0.619 e. The Morgan fingerprint density at radius 2 is 1.75 bits per heavy atom. The number of carbonyl (C=O) groups is 4. The van der Waals surface area contributed by atoms with Crippen LogP contribution in [-0.4, -0.2) is 124 Å². The number of hydrogen-bond acceptors (Lipinski definition) is 11. The fourth-order valence-electron chi connectivity index (χ4n) is 8.47. The minimum absolute atomic E-state index is 0.0680. The third-order valence-corrected chi connectivity index (χ3v) is 12.7. The zero-order chi connectivity index (χ0) is 49.1. The molecule has 5 aromatic rings. The maximum absolute atomic E-state index is 14.7. The molecular formula is C49H59Cl2N9O8. The number of nitrogens with zero attached hydrogens (tertiary/aromatic N) is 7. The molecule has 68 heavy (non-hydrogen) atoms. The van der Waals surface area contributed by atoms with Crippen LogP contribution in [0.2, 0.25) is 10.0 Å². The van der Waals surface area contributed by atoms with Gasteiger partial charge in [-0.15, -0.1) is 0 Å². The molecule has 362 valence electrons. The molecule has 0 aliphatic carbocycles. The molecule has 0 radical (unpaired) electrons. The van der Waals surface area contributed by atoms with Gasteiger partial charge in [0.15, 0.2) is 11.9 Å². The van der Waals surface area contributed by atoms with Crippen LogP contribution >= 0.6 is 23.2 Å². The number of methoxy groups -OCH3 is 1. The van der Waals surface area contributed by atoms with E-state index in [-0.39, 0.29) is 31.8 Å². The fourth-order valence-corrected chi connectivity index (χ4v) is 8.76. The average Bonchev–Trinajstić information content (AvgIpc) is 3.67. The molecule has 3 amide bonds. The Labute approximate surface area is 406 Å². The quantitative estimate of drug-likeness (QED) is 0.0637. The van der Waals surface area contributed by atoms with E-state index in [1.165, 1.54) is 13.3 Å². The summed E-state index contributed by atoms with van der Waals surface area (Å²) in [4.78, 5) is 69.3. The van der Waals surface area contributed by atoms with E-state index in [4.69, 9.17) is 32.7 Å². The van der Waals surface area contributed by atoms with Gasteiger partial charge in [-0.2, -0.15) is 4.73 Å². The first-order valence-corrected chi connectivity index (χ1v) is 23.0. The number of aromatic nitrogens is 4. The van der Waals surface area contributed by atoms with Gasteiger partial charge in [0.05, 0.1) is 60.9 Å². The Balaban J connectivity index is 1.15. The van der Waals surface area contributed by atoms with Gasteiger partial charge in [0.25, 0.3) is 0 Å². The van der Waals surface area contributed by atoms with Crippen LogP contribution in [0.4, 0.5) is 0 Å². The summed E-state index contributed by atoms with van der Waals surface area (Å²) >= 11 is 12.7. The number of rotatable bonds is 21. The summed E-state index contributed by atoms with van der Waals surface area (Å²) in [6.07, 6.45) is 5.46. The summed E-state index contributed by atoms with van der Waals surface area (Å²) < 4.78 is 14.4. The van der Waals surface area contributed by atoms with Gasteiger partial charge in [-0.1, -0.05) is 47.5 Å². The number of ether oxygens (including phenoxy) is 2. The molecule has 0 unspecified atom stereocenters. The lowest BCUT2D eigenvalue weighted by Gasteiger charge is -2.49. The molecule has 6 rings (SSSR count). The number of piperidine rings is 1. The van der Waals surface area contributed by atoms with Gasteiger partial charge in [0.1, 0.15) is 23.4 Å². The molecule has 0 bridgehead atoms.